The van der Waals surface area contributed by atoms with Crippen LogP contribution in [-0.4, -0.2) is 31.1 Å². The minimum absolute atomic E-state index is 0.176. The van der Waals surface area contributed by atoms with Crippen LogP contribution in [0, 0.1) is 0 Å². The fourth-order valence-corrected chi connectivity index (χ4v) is 3.38. The van der Waals surface area contributed by atoms with Crippen molar-refractivity contribution in [3.63, 3.8) is 0 Å². The number of benzene rings is 2. The summed E-state index contributed by atoms with van der Waals surface area (Å²) in [7, 11) is 1.66. The molecule has 28 heavy (non-hydrogen) atoms. The highest BCUT2D eigenvalue weighted by atomic mass is 16.5. The van der Waals surface area contributed by atoms with Crippen molar-refractivity contribution in [2.45, 2.75) is 12.8 Å². The predicted octanol–water partition coefficient (Wildman–Crippen LogP) is 3.30. The topological polar surface area (TPSA) is 87.6 Å². The second-order valence-electron chi connectivity index (χ2n) is 6.70. The van der Waals surface area contributed by atoms with Crippen molar-refractivity contribution >= 4 is 28.4 Å². The van der Waals surface area contributed by atoms with Crippen molar-refractivity contribution in [2.75, 3.05) is 30.4 Å². The van der Waals surface area contributed by atoms with E-state index in [2.05, 4.69) is 27.3 Å². The molecule has 1 aromatic heterocycles. The number of oxazole rings is 1. The normalized spacial score (nSPS) is 14.2. The first-order valence-corrected chi connectivity index (χ1v) is 9.13. The molecule has 4 rings (SSSR count). The van der Waals surface area contributed by atoms with E-state index in [9.17, 15) is 9.59 Å². The van der Waals surface area contributed by atoms with Gasteiger partial charge in [0.15, 0.2) is 5.58 Å². The van der Waals surface area contributed by atoms with Crippen LogP contribution in [-0.2, 0) is 4.79 Å². The molecule has 1 aliphatic rings. The Bertz CT molecular complexity index is 1070. The van der Waals surface area contributed by atoms with E-state index >= 15 is 0 Å². The van der Waals surface area contributed by atoms with Gasteiger partial charge in [-0.3, -0.25) is 9.78 Å². The lowest BCUT2D eigenvalue weighted by Gasteiger charge is -2.30. The molecule has 0 aliphatic carbocycles. The number of nitrogens with one attached hydrogen (secondary N) is 2. The number of carbonyl (C=O) groups excluding carboxylic acids is 1. The summed E-state index contributed by atoms with van der Waals surface area (Å²) in [4.78, 5) is 28.4. The maximum Gasteiger partial charge on any atom is 0.417 e. The van der Waals surface area contributed by atoms with Gasteiger partial charge in [-0.2, -0.15) is 0 Å². The zero-order valence-electron chi connectivity index (χ0n) is 15.5. The molecule has 0 unspecified atom stereocenters. The molecule has 0 atom stereocenters. The number of aromatic nitrogens is 1. The van der Waals surface area contributed by atoms with Crippen LogP contribution < -0.4 is 20.7 Å². The van der Waals surface area contributed by atoms with Crippen molar-refractivity contribution in [1.29, 1.82) is 0 Å². The monoisotopic (exact) mass is 379 g/mol. The summed E-state index contributed by atoms with van der Waals surface area (Å²) in [5.74, 6) is 0.157. The van der Waals surface area contributed by atoms with Crippen LogP contribution in [0.25, 0.3) is 11.1 Å². The number of hydrogen-bond donors (Lipinski definition) is 2. The third kappa shape index (κ3) is 3.93. The Morgan fingerprint density at radius 3 is 2.64 bits per heavy atom. The molecule has 1 fully saturated rings. The summed E-state index contributed by atoms with van der Waals surface area (Å²) in [5.41, 5.74) is 3.89. The predicted molar refractivity (Wildman–Crippen MR) is 108 cm³/mol. The van der Waals surface area contributed by atoms with Crippen LogP contribution in [0.3, 0.4) is 0 Å². The van der Waals surface area contributed by atoms with Crippen LogP contribution in [0.1, 0.15) is 12.8 Å². The summed E-state index contributed by atoms with van der Waals surface area (Å²) in [6.45, 7) is 1.73. The number of fused-ring (bicyclic) bond motifs is 1. The molecular formula is C21H21N3O4. The number of H-pyrrole nitrogens is 1. The second-order valence-corrected chi connectivity index (χ2v) is 6.70. The third-order valence-electron chi connectivity index (χ3n) is 4.87. The van der Waals surface area contributed by atoms with Crippen molar-refractivity contribution in [3.05, 3.63) is 64.7 Å². The van der Waals surface area contributed by atoms with Gasteiger partial charge in [0.05, 0.1) is 12.6 Å². The molecule has 3 aromatic rings. The highest BCUT2D eigenvalue weighted by Crippen LogP contribution is 2.25. The molecule has 7 heteroatoms. The smallest absolute Gasteiger partial charge is 0.417 e. The zero-order chi connectivity index (χ0) is 19.5. The highest BCUT2D eigenvalue weighted by molar-refractivity contribution is 6.00. The Balaban J connectivity index is 1.36. The van der Waals surface area contributed by atoms with Crippen LogP contribution in [0.2, 0.25) is 0 Å². The van der Waals surface area contributed by atoms with E-state index in [1.165, 1.54) is 0 Å². The molecular weight excluding hydrogens is 358 g/mol. The number of anilines is 2. The molecule has 2 heterocycles. The van der Waals surface area contributed by atoms with Crippen molar-refractivity contribution in [3.8, 4) is 5.75 Å². The zero-order valence-corrected chi connectivity index (χ0v) is 15.5. The van der Waals surface area contributed by atoms with Gasteiger partial charge < -0.3 is 19.4 Å². The second kappa shape index (κ2) is 7.64. The molecule has 1 saturated heterocycles. The molecule has 0 radical (unpaired) electrons. The highest BCUT2D eigenvalue weighted by Gasteiger charge is 2.15. The van der Waals surface area contributed by atoms with E-state index < -0.39 is 5.76 Å². The molecule has 1 amide bonds. The summed E-state index contributed by atoms with van der Waals surface area (Å²) in [5, 5.41) is 2.83. The average Bonchev–Trinajstić information content (AvgIpc) is 3.08. The SMILES string of the molecule is COc1ccc(N2CCC(=CC(=O)Nc3ccc4[nH]c(=O)oc4c3)CC2)cc1. The number of methoxy groups -OCH3 is 1. The lowest BCUT2D eigenvalue weighted by Crippen LogP contribution is -2.30. The number of carbonyl (C=O) groups is 1. The van der Waals surface area contributed by atoms with Gasteiger partial charge in [0.25, 0.3) is 0 Å². The summed E-state index contributed by atoms with van der Waals surface area (Å²) in [6, 6.07) is 13.1. The molecule has 0 saturated carbocycles. The van der Waals surface area contributed by atoms with Crippen LogP contribution in [0.4, 0.5) is 11.4 Å². The lowest BCUT2D eigenvalue weighted by atomic mass is 10.0. The average molecular weight is 379 g/mol. The number of nitrogens with zero attached hydrogens (tertiary/aromatic N) is 1. The van der Waals surface area contributed by atoms with Gasteiger partial charge in [0, 0.05) is 36.6 Å². The van der Waals surface area contributed by atoms with E-state index in [1.54, 1.807) is 31.4 Å². The van der Waals surface area contributed by atoms with Crippen LogP contribution in [0.5, 0.6) is 5.75 Å². The summed E-state index contributed by atoms with van der Waals surface area (Å²) >= 11 is 0. The van der Waals surface area contributed by atoms with Gasteiger partial charge >= 0.3 is 5.76 Å². The summed E-state index contributed by atoms with van der Waals surface area (Å²) < 4.78 is 10.2. The largest absolute Gasteiger partial charge is 0.497 e. The van der Waals surface area contributed by atoms with E-state index in [4.69, 9.17) is 9.15 Å². The van der Waals surface area contributed by atoms with Gasteiger partial charge in [-0.05, 0) is 49.2 Å². The first kappa shape index (κ1) is 17.9. The minimum Gasteiger partial charge on any atom is -0.497 e. The van der Waals surface area contributed by atoms with E-state index in [0.717, 1.165) is 42.9 Å². The Kier molecular flexibility index (Phi) is 4.89. The molecule has 0 spiro atoms. The number of ether oxygens (including phenoxy) is 1. The molecule has 7 nitrogen and oxygen atoms in total. The minimum atomic E-state index is -0.510. The Morgan fingerprint density at radius 2 is 1.93 bits per heavy atom. The Hall–Kier alpha value is -3.48. The Morgan fingerprint density at radius 1 is 1.18 bits per heavy atom. The first-order chi connectivity index (χ1) is 13.6. The standard InChI is InChI=1S/C21H21N3O4/c1-27-17-5-3-16(4-6-17)24-10-8-14(9-11-24)12-20(25)22-15-2-7-18-19(13-15)28-21(26)23-18/h2-7,12-13H,8-11H2,1H3,(H,22,25)(H,23,26). The molecule has 1 aliphatic heterocycles. The number of aromatic amines is 1. The van der Waals surface area contributed by atoms with Gasteiger partial charge in [-0.1, -0.05) is 5.57 Å². The van der Waals surface area contributed by atoms with E-state index in [1.807, 2.05) is 12.1 Å². The van der Waals surface area contributed by atoms with E-state index in [-0.39, 0.29) is 5.91 Å². The van der Waals surface area contributed by atoms with Crippen LogP contribution in [0.15, 0.2) is 63.3 Å². The number of rotatable bonds is 4. The van der Waals surface area contributed by atoms with Gasteiger partial charge in [-0.25, -0.2) is 4.79 Å². The van der Waals surface area contributed by atoms with E-state index in [0.29, 0.717) is 16.8 Å². The van der Waals surface area contributed by atoms with Crippen molar-refractivity contribution in [1.82, 2.24) is 4.98 Å². The van der Waals surface area contributed by atoms with Crippen molar-refractivity contribution < 1.29 is 13.9 Å². The lowest BCUT2D eigenvalue weighted by molar-refractivity contribution is -0.112. The molecule has 144 valence electrons. The van der Waals surface area contributed by atoms with Gasteiger partial charge in [0.2, 0.25) is 5.91 Å². The number of amides is 1. The number of piperidine rings is 1. The maximum atomic E-state index is 12.3. The maximum absolute atomic E-state index is 12.3. The molecule has 0 bridgehead atoms. The summed E-state index contributed by atoms with van der Waals surface area (Å²) in [6.07, 6.45) is 3.35. The Labute approximate surface area is 161 Å². The quantitative estimate of drug-likeness (QED) is 0.679. The molecule has 2 aromatic carbocycles. The van der Waals surface area contributed by atoms with Gasteiger partial charge in [0.1, 0.15) is 5.75 Å². The first-order valence-electron chi connectivity index (χ1n) is 9.13. The molecule has 2 N–H and O–H groups in total. The van der Waals surface area contributed by atoms with Crippen LogP contribution >= 0.6 is 0 Å². The third-order valence-corrected chi connectivity index (χ3v) is 4.87. The number of hydrogen-bond acceptors (Lipinski definition) is 5. The fraction of sp³-hybridized carbons (Fsp3) is 0.238. The van der Waals surface area contributed by atoms with Crippen molar-refractivity contribution in [2.24, 2.45) is 0 Å². The van der Waals surface area contributed by atoms with Gasteiger partial charge in [-0.15, -0.1) is 0 Å². The fourth-order valence-electron chi connectivity index (χ4n) is 3.38.